The zero-order valence-corrected chi connectivity index (χ0v) is 9.89. The highest BCUT2D eigenvalue weighted by atomic mass is 16.5. The van der Waals surface area contributed by atoms with Crippen molar-refractivity contribution in [2.75, 3.05) is 7.11 Å². The Bertz CT molecular complexity index is 272. The Morgan fingerprint density at radius 3 is 2.44 bits per heavy atom. The van der Waals surface area contributed by atoms with Gasteiger partial charge < -0.3 is 4.74 Å². The second-order valence-electron chi connectivity index (χ2n) is 3.20. The van der Waals surface area contributed by atoms with Crippen LogP contribution in [0.1, 0.15) is 25.7 Å². The highest BCUT2D eigenvalue weighted by Gasteiger charge is 1.92. The summed E-state index contributed by atoms with van der Waals surface area (Å²) in [6.07, 6.45) is 17.1. The van der Waals surface area contributed by atoms with Gasteiger partial charge in [0, 0.05) is 0 Å². The van der Waals surface area contributed by atoms with E-state index in [-0.39, 0.29) is 5.97 Å². The summed E-state index contributed by atoms with van der Waals surface area (Å²) in [5.41, 5.74) is 0. The quantitative estimate of drug-likeness (QED) is 0.270. The molecule has 0 aromatic heterocycles. The molecule has 0 rings (SSSR count). The van der Waals surface area contributed by atoms with Crippen LogP contribution in [0.4, 0.5) is 0 Å². The van der Waals surface area contributed by atoms with Gasteiger partial charge in [0.15, 0.2) is 0 Å². The molecule has 2 nitrogen and oxygen atoms in total. The number of carbonyl (C=O) groups is 1. The Balaban J connectivity index is 3.41. The van der Waals surface area contributed by atoms with Gasteiger partial charge in [-0.3, -0.25) is 4.79 Å². The van der Waals surface area contributed by atoms with Crippen molar-refractivity contribution in [3.8, 4) is 0 Å². The van der Waals surface area contributed by atoms with Crippen molar-refractivity contribution in [2.24, 2.45) is 0 Å². The summed E-state index contributed by atoms with van der Waals surface area (Å²) in [5, 5.41) is 0. The Labute approximate surface area is 98.0 Å². The minimum absolute atomic E-state index is 0.193. The first-order chi connectivity index (χ1) is 7.81. The summed E-state index contributed by atoms with van der Waals surface area (Å²) in [5.74, 6) is -0.193. The molecule has 88 valence electrons. The fraction of sp³-hybridized carbons (Fsp3) is 0.357. The second-order valence-corrected chi connectivity index (χ2v) is 3.20. The third-order valence-electron chi connectivity index (χ3n) is 1.89. The van der Waals surface area contributed by atoms with E-state index in [2.05, 4.69) is 29.5 Å². The number of methoxy groups -OCH3 is 1. The standard InChI is InChI=1S/C14H20O2/c1-3-4-5-6-7-8-9-10-11-12-13-14(15)16-2/h3-5,7-8,11-12H,1,6,9-10,13H2,2H3/b5-4+,8-7+,12-11+. The summed E-state index contributed by atoms with van der Waals surface area (Å²) in [4.78, 5) is 10.7. The average Bonchev–Trinajstić information content (AvgIpc) is 2.31. The van der Waals surface area contributed by atoms with Gasteiger partial charge in [-0.1, -0.05) is 49.1 Å². The van der Waals surface area contributed by atoms with Crippen LogP contribution >= 0.6 is 0 Å². The molecule has 0 atom stereocenters. The van der Waals surface area contributed by atoms with E-state index >= 15 is 0 Å². The van der Waals surface area contributed by atoms with Gasteiger partial charge in [-0.25, -0.2) is 0 Å². The molecule has 0 bridgehead atoms. The summed E-state index contributed by atoms with van der Waals surface area (Å²) in [6, 6.07) is 0. The number of esters is 1. The van der Waals surface area contributed by atoms with E-state index in [9.17, 15) is 4.79 Å². The average molecular weight is 220 g/mol. The minimum atomic E-state index is -0.193. The van der Waals surface area contributed by atoms with E-state index in [0.29, 0.717) is 6.42 Å². The predicted molar refractivity (Wildman–Crippen MR) is 68.1 cm³/mol. The van der Waals surface area contributed by atoms with Crippen LogP contribution in [0.15, 0.2) is 49.1 Å². The molecule has 0 saturated carbocycles. The molecule has 0 heterocycles. The number of ether oxygens (including phenoxy) is 1. The highest BCUT2D eigenvalue weighted by molar-refractivity contribution is 5.70. The topological polar surface area (TPSA) is 26.3 Å². The summed E-state index contributed by atoms with van der Waals surface area (Å²) in [6.45, 7) is 3.59. The highest BCUT2D eigenvalue weighted by Crippen LogP contribution is 1.97. The van der Waals surface area contributed by atoms with Gasteiger partial charge in [-0.2, -0.15) is 0 Å². The molecule has 0 saturated heterocycles. The lowest BCUT2D eigenvalue weighted by Gasteiger charge is -1.91. The summed E-state index contributed by atoms with van der Waals surface area (Å²) < 4.78 is 4.51. The molecule has 0 N–H and O–H groups in total. The molecule has 0 spiro atoms. The molecule has 0 radical (unpaired) electrons. The van der Waals surface area contributed by atoms with E-state index in [4.69, 9.17) is 0 Å². The maximum atomic E-state index is 10.7. The Morgan fingerprint density at radius 2 is 1.81 bits per heavy atom. The van der Waals surface area contributed by atoms with Crippen LogP contribution in [0.2, 0.25) is 0 Å². The van der Waals surface area contributed by atoms with Gasteiger partial charge in [-0.15, -0.1) is 0 Å². The van der Waals surface area contributed by atoms with E-state index in [1.165, 1.54) is 7.11 Å². The van der Waals surface area contributed by atoms with Crippen LogP contribution in [-0.4, -0.2) is 13.1 Å². The lowest BCUT2D eigenvalue weighted by atomic mass is 10.2. The first-order valence-electron chi connectivity index (χ1n) is 5.45. The maximum absolute atomic E-state index is 10.7. The molecule has 0 aromatic carbocycles. The monoisotopic (exact) mass is 220 g/mol. The molecule has 0 amide bonds. The lowest BCUT2D eigenvalue weighted by molar-refractivity contribution is -0.139. The molecule has 2 heteroatoms. The zero-order chi connectivity index (χ0) is 12.1. The number of rotatable bonds is 8. The van der Waals surface area contributed by atoms with Crippen molar-refractivity contribution in [3.63, 3.8) is 0 Å². The number of hydrogen-bond acceptors (Lipinski definition) is 2. The van der Waals surface area contributed by atoms with E-state index in [0.717, 1.165) is 19.3 Å². The third kappa shape index (κ3) is 10.5. The van der Waals surface area contributed by atoms with E-state index in [1.807, 2.05) is 18.2 Å². The smallest absolute Gasteiger partial charge is 0.309 e. The third-order valence-corrected chi connectivity index (χ3v) is 1.89. The SMILES string of the molecule is C=C/C=C/C/C=C/CC/C=C/CC(=O)OC. The zero-order valence-electron chi connectivity index (χ0n) is 9.89. The number of allylic oxidation sites excluding steroid dienone is 6. The fourth-order valence-corrected chi connectivity index (χ4v) is 1.04. The van der Waals surface area contributed by atoms with Gasteiger partial charge in [0.25, 0.3) is 0 Å². The van der Waals surface area contributed by atoms with Crippen molar-refractivity contribution in [1.82, 2.24) is 0 Å². The molecule has 0 aliphatic carbocycles. The van der Waals surface area contributed by atoms with Crippen molar-refractivity contribution in [1.29, 1.82) is 0 Å². The maximum Gasteiger partial charge on any atom is 0.309 e. The van der Waals surface area contributed by atoms with Crippen LogP contribution in [0.3, 0.4) is 0 Å². The van der Waals surface area contributed by atoms with E-state index in [1.54, 1.807) is 6.08 Å². The van der Waals surface area contributed by atoms with Crippen LogP contribution < -0.4 is 0 Å². The van der Waals surface area contributed by atoms with Crippen molar-refractivity contribution < 1.29 is 9.53 Å². The first kappa shape index (κ1) is 14.4. The summed E-state index contributed by atoms with van der Waals surface area (Å²) in [7, 11) is 1.40. The van der Waals surface area contributed by atoms with Crippen LogP contribution in [0.5, 0.6) is 0 Å². The lowest BCUT2D eigenvalue weighted by Crippen LogP contribution is -1.96. The van der Waals surface area contributed by atoms with Gasteiger partial charge in [-0.05, 0) is 19.3 Å². The molecule has 16 heavy (non-hydrogen) atoms. The Kier molecular flexibility index (Phi) is 10.4. The van der Waals surface area contributed by atoms with Crippen LogP contribution in [0, 0.1) is 0 Å². The Hall–Kier alpha value is -1.57. The fourth-order valence-electron chi connectivity index (χ4n) is 1.04. The molecule has 0 aromatic rings. The molecular weight excluding hydrogens is 200 g/mol. The largest absolute Gasteiger partial charge is 0.469 e. The minimum Gasteiger partial charge on any atom is -0.469 e. The molecule has 0 unspecified atom stereocenters. The first-order valence-corrected chi connectivity index (χ1v) is 5.45. The molecule has 0 fully saturated rings. The second kappa shape index (κ2) is 11.5. The number of hydrogen-bond donors (Lipinski definition) is 0. The molecule has 0 aliphatic rings. The molecule has 0 aliphatic heterocycles. The van der Waals surface area contributed by atoms with Gasteiger partial charge in [0.1, 0.15) is 0 Å². The van der Waals surface area contributed by atoms with Crippen molar-refractivity contribution >= 4 is 5.97 Å². The van der Waals surface area contributed by atoms with E-state index < -0.39 is 0 Å². The molecular formula is C14H20O2. The van der Waals surface area contributed by atoms with Gasteiger partial charge in [0.05, 0.1) is 13.5 Å². The van der Waals surface area contributed by atoms with Gasteiger partial charge >= 0.3 is 5.97 Å². The normalized spacial score (nSPS) is 11.6. The predicted octanol–water partition coefficient (Wildman–Crippen LogP) is 3.57. The van der Waals surface area contributed by atoms with Crippen molar-refractivity contribution in [2.45, 2.75) is 25.7 Å². The van der Waals surface area contributed by atoms with Crippen LogP contribution in [-0.2, 0) is 9.53 Å². The Morgan fingerprint density at radius 1 is 1.12 bits per heavy atom. The number of carbonyl (C=O) groups excluding carboxylic acids is 1. The summed E-state index contributed by atoms with van der Waals surface area (Å²) >= 11 is 0. The number of unbranched alkanes of at least 4 members (excludes halogenated alkanes) is 1. The van der Waals surface area contributed by atoms with Crippen molar-refractivity contribution in [3.05, 3.63) is 49.1 Å². The van der Waals surface area contributed by atoms with Gasteiger partial charge in [0.2, 0.25) is 0 Å². The van der Waals surface area contributed by atoms with Crippen LogP contribution in [0.25, 0.3) is 0 Å².